The van der Waals surface area contributed by atoms with Crippen LogP contribution in [-0.4, -0.2) is 12.3 Å². The number of thioether (sulfide) groups is 1. The first-order valence-electron chi connectivity index (χ1n) is 5.92. The minimum Gasteiger partial charge on any atom is -0.453 e. The van der Waals surface area contributed by atoms with Crippen molar-refractivity contribution in [2.24, 2.45) is 0 Å². The van der Waals surface area contributed by atoms with Crippen molar-refractivity contribution in [3.63, 3.8) is 0 Å². The van der Waals surface area contributed by atoms with E-state index in [0.29, 0.717) is 0 Å². The summed E-state index contributed by atoms with van der Waals surface area (Å²) in [5.41, 5.74) is 0. The molecule has 1 aromatic carbocycles. The standard InChI is InChI=1S/C14H16BrNOS/c1-11(13-7-8-14(15)17-13)16-9-10-18-12-5-3-2-4-6-12/h2-8,11,16H,9-10H2,1H3. The number of nitrogens with one attached hydrogen (secondary N) is 1. The number of benzene rings is 1. The minimum absolute atomic E-state index is 0.243. The lowest BCUT2D eigenvalue weighted by atomic mass is 10.2. The molecule has 0 bridgehead atoms. The maximum absolute atomic E-state index is 5.51. The Morgan fingerprint density at radius 2 is 2.00 bits per heavy atom. The average Bonchev–Trinajstić information content (AvgIpc) is 2.82. The van der Waals surface area contributed by atoms with Gasteiger partial charge >= 0.3 is 0 Å². The molecule has 0 saturated heterocycles. The summed E-state index contributed by atoms with van der Waals surface area (Å²) in [6, 6.07) is 14.6. The van der Waals surface area contributed by atoms with Crippen LogP contribution in [0.1, 0.15) is 18.7 Å². The SMILES string of the molecule is CC(NCCSc1ccccc1)c1ccc(Br)o1. The van der Waals surface area contributed by atoms with Crippen LogP contribution in [-0.2, 0) is 0 Å². The van der Waals surface area contributed by atoms with Gasteiger partial charge in [0.05, 0.1) is 6.04 Å². The van der Waals surface area contributed by atoms with E-state index in [9.17, 15) is 0 Å². The molecule has 1 atom stereocenters. The summed E-state index contributed by atoms with van der Waals surface area (Å²) in [6.45, 7) is 3.07. The van der Waals surface area contributed by atoms with E-state index in [1.54, 1.807) is 0 Å². The van der Waals surface area contributed by atoms with Gasteiger partial charge in [-0.2, -0.15) is 0 Å². The molecule has 2 aromatic rings. The predicted octanol–water partition coefficient (Wildman–Crippen LogP) is 4.49. The Balaban J connectivity index is 1.69. The second kappa shape index (κ2) is 7.02. The van der Waals surface area contributed by atoms with Crippen molar-refractivity contribution in [1.82, 2.24) is 5.32 Å². The van der Waals surface area contributed by atoms with Crippen LogP contribution >= 0.6 is 27.7 Å². The van der Waals surface area contributed by atoms with E-state index < -0.39 is 0 Å². The minimum atomic E-state index is 0.243. The first-order valence-corrected chi connectivity index (χ1v) is 7.70. The van der Waals surface area contributed by atoms with Gasteiger partial charge in [-0.15, -0.1) is 11.8 Å². The van der Waals surface area contributed by atoms with Gasteiger partial charge in [-0.25, -0.2) is 0 Å². The highest BCUT2D eigenvalue weighted by Gasteiger charge is 2.08. The van der Waals surface area contributed by atoms with Crippen molar-refractivity contribution in [2.75, 3.05) is 12.3 Å². The summed E-state index contributed by atoms with van der Waals surface area (Å²) < 4.78 is 6.29. The highest BCUT2D eigenvalue weighted by molar-refractivity contribution is 9.10. The fraction of sp³-hybridized carbons (Fsp3) is 0.286. The summed E-state index contributed by atoms with van der Waals surface area (Å²) in [7, 11) is 0. The largest absolute Gasteiger partial charge is 0.453 e. The smallest absolute Gasteiger partial charge is 0.169 e. The summed E-state index contributed by atoms with van der Waals surface area (Å²) >= 11 is 5.17. The maximum atomic E-state index is 5.51. The van der Waals surface area contributed by atoms with E-state index in [1.165, 1.54) is 4.90 Å². The van der Waals surface area contributed by atoms with Crippen molar-refractivity contribution in [2.45, 2.75) is 17.9 Å². The molecule has 18 heavy (non-hydrogen) atoms. The molecule has 0 aliphatic rings. The zero-order valence-electron chi connectivity index (χ0n) is 10.2. The molecule has 0 fully saturated rings. The van der Waals surface area contributed by atoms with Gasteiger partial charge in [0.1, 0.15) is 5.76 Å². The molecule has 0 radical (unpaired) electrons. The molecule has 96 valence electrons. The molecule has 0 aliphatic carbocycles. The second-order valence-corrected chi connectivity index (χ2v) is 5.93. The van der Waals surface area contributed by atoms with Crippen LogP contribution in [0.3, 0.4) is 0 Å². The van der Waals surface area contributed by atoms with Crippen molar-refractivity contribution in [3.05, 3.63) is 52.9 Å². The highest BCUT2D eigenvalue weighted by Crippen LogP contribution is 2.20. The molecule has 1 aromatic heterocycles. The molecule has 2 rings (SSSR count). The Morgan fingerprint density at radius 3 is 2.67 bits per heavy atom. The third-order valence-electron chi connectivity index (χ3n) is 2.59. The van der Waals surface area contributed by atoms with Crippen LogP contribution in [0.15, 0.2) is 56.4 Å². The molecule has 0 aliphatic heterocycles. The van der Waals surface area contributed by atoms with Gasteiger partial charge in [0.2, 0.25) is 0 Å². The Bertz CT molecular complexity index is 472. The van der Waals surface area contributed by atoms with Crippen LogP contribution in [0.25, 0.3) is 0 Å². The third-order valence-corrected chi connectivity index (χ3v) is 4.03. The molecule has 1 heterocycles. The monoisotopic (exact) mass is 325 g/mol. The van der Waals surface area contributed by atoms with Gasteiger partial charge in [0, 0.05) is 17.2 Å². The Labute approximate surface area is 120 Å². The molecule has 0 amide bonds. The van der Waals surface area contributed by atoms with E-state index in [-0.39, 0.29) is 6.04 Å². The summed E-state index contributed by atoms with van der Waals surface area (Å²) in [5, 5.41) is 3.45. The Kier molecular flexibility index (Phi) is 5.35. The number of furan rings is 1. The predicted molar refractivity (Wildman–Crippen MR) is 80.0 cm³/mol. The Hall–Kier alpha value is -0.710. The first kappa shape index (κ1) is 13.7. The van der Waals surface area contributed by atoms with Crippen LogP contribution in [0.2, 0.25) is 0 Å². The second-order valence-electron chi connectivity index (χ2n) is 3.98. The lowest BCUT2D eigenvalue weighted by molar-refractivity contribution is 0.424. The molecule has 1 N–H and O–H groups in total. The Morgan fingerprint density at radius 1 is 1.22 bits per heavy atom. The summed E-state index contributed by atoms with van der Waals surface area (Å²) in [6.07, 6.45) is 0. The van der Waals surface area contributed by atoms with Gasteiger partial charge < -0.3 is 9.73 Å². The summed E-state index contributed by atoms with van der Waals surface area (Å²) in [5.74, 6) is 2.02. The normalized spacial score (nSPS) is 12.6. The van der Waals surface area contributed by atoms with Crippen LogP contribution < -0.4 is 5.32 Å². The highest BCUT2D eigenvalue weighted by atomic mass is 79.9. The van der Waals surface area contributed by atoms with Crippen molar-refractivity contribution >= 4 is 27.7 Å². The fourth-order valence-electron chi connectivity index (χ4n) is 1.62. The van der Waals surface area contributed by atoms with Gasteiger partial charge in [-0.05, 0) is 47.1 Å². The van der Waals surface area contributed by atoms with E-state index in [4.69, 9.17) is 4.42 Å². The topological polar surface area (TPSA) is 25.2 Å². The van der Waals surface area contributed by atoms with Gasteiger partial charge in [0.25, 0.3) is 0 Å². The number of hydrogen-bond donors (Lipinski definition) is 1. The maximum Gasteiger partial charge on any atom is 0.169 e. The molecular formula is C14H16BrNOS. The van der Waals surface area contributed by atoms with Crippen LogP contribution in [0.5, 0.6) is 0 Å². The van der Waals surface area contributed by atoms with E-state index >= 15 is 0 Å². The zero-order chi connectivity index (χ0) is 12.8. The fourth-order valence-corrected chi connectivity index (χ4v) is 2.75. The molecule has 0 spiro atoms. The van der Waals surface area contributed by atoms with Crippen molar-refractivity contribution in [3.8, 4) is 0 Å². The van der Waals surface area contributed by atoms with E-state index in [2.05, 4.69) is 52.4 Å². The van der Waals surface area contributed by atoms with Gasteiger partial charge in [0.15, 0.2) is 4.67 Å². The molecule has 2 nitrogen and oxygen atoms in total. The molecule has 0 saturated carbocycles. The quantitative estimate of drug-likeness (QED) is 0.626. The lowest BCUT2D eigenvalue weighted by Gasteiger charge is -2.10. The number of rotatable bonds is 6. The first-order chi connectivity index (χ1) is 8.75. The van der Waals surface area contributed by atoms with Crippen LogP contribution in [0, 0.1) is 0 Å². The molecule has 4 heteroatoms. The van der Waals surface area contributed by atoms with Gasteiger partial charge in [-0.1, -0.05) is 18.2 Å². The summed E-state index contributed by atoms with van der Waals surface area (Å²) in [4.78, 5) is 1.31. The number of hydrogen-bond acceptors (Lipinski definition) is 3. The number of halogens is 1. The average molecular weight is 326 g/mol. The van der Waals surface area contributed by atoms with E-state index in [0.717, 1.165) is 22.7 Å². The lowest BCUT2D eigenvalue weighted by Crippen LogP contribution is -2.20. The third kappa shape index (κ3) is 4.19. The van der Waals surface area contributed by atoms with Crippen molar-refractivity contribution in [1.29, 1.82) is 0 Å². The van der Waals surface area contributed by atoms with Crippen molar-refractivity contribution < 1.29 is 4.42 Å². The zero-order valence-corrected chi connectivity index (χ0v) is 12.6. The van der Waals surface area contributed by atoms with E-state index in [1.807, 2.05) is 30.0 Å². The molecule has 1 unspecified atom stereocenters. The molecular weight excluding hydrogens is 310 g/mol. The van der Waals surface area contributed by atoms with Gasteiger partial charge in [-0.3, -0.25) is 0 Å². The van der Waals surface area contributed by atoms with Crippen LogP contribution in [0.4, 0.5) is 0 Å².